The van der Waals surface area contributed by atoms with E-state index >= 15 is 0 Å². The van der Waals surface area contributed by atoms with E-state index in [1.807, 2.05) is 6.92 Å². The highest BCUT2D eigenvalue weighted by Crippen LogP contribution is 2.57. The van der Waals surface area contributed by atoms with Crippen LogP contribution < -0.4 is 10.5 Å². The summed E-state index contributed by atoms with van der Waals surface area (Å²) in [6.45, 7) is 2.03. The maximum atomic E-state index is 6.32. The Balaban J connectivity index is 1.95. The molecule has 1 atom stereocenters. The van der Waals surface area contributed by atoms with Crippen molar-refractivity contribution in [3.8, 4) is 11.8 Å². The van der Waals surface area contributed by atoms with Crippen LogP contribution in [0.1, 0.15) is 40.8 Å². The number of nitrogens with zero attached hydrogens (tertiary/aromatic N) is 3. The Labute approximate surface area is 139 Å². The van der Waals surface area contributed by atoms with Crippen LogP contribution >= 0.6 is 0 Å². The monoisotopic (exact) mass is 319 g/mol. The third kappa shape index (κ3) is 1.52. The first-order chi connectivity index (χ1) is 11.7. The largest absolute Gasteiger partial charge is 0.418 e. The van der Waals surface area contributed by atoms with Crippen molar-refractivity contribution >= 4 is 5.82 Å². The fraction of sp³-hybridized carbons (Fsp3) is 0.278. The molecule has 24 heavy (non-hydrogen) atoms. The molecule has 3 N–H and O–H groups in total. The highest BCUT2D eigenvalue weighted by molar-refractivity contribution is 5.68. The molecule has 5 rings (SSSR count). The van der Waals surface area contributed by atoms with Gasteiger partial charge in [-0.15, -0.1) is 5.10 Å². The number of nitrogens with two attached hydrogens (primary N) is 1. The summed E-state index contributed by atoms with van der Waals surface area (Å²) < 4.78 is 5.95. The van der Waals surface area contributed by atoms with E-state index in [1.165, 1.54) is 17.5 Å². The van der Waals surface area contributed by atoms with Crippen molar-refractivity contribution in [2.24, 2.45) is 0 Å². The molecule has 2 aromatic heterocycles. The second-order valence-electron chi connectivity index (χ2n) is 6.49. The van der Waals surface area contributed by atoms with Crippen molar-refractivity contribution < 1.29 is 4.74 Å². The van der Waals surface area contributed by atoms with Gasteiger partial charge in [-0.2, -0.15) is 0 Å². The molecule has 0 saturated heterocycles. The maximum absolute atomic E-state index is 6.32. The van der Waals surface area contributed by atoms with E-state index < -0.39 is 5.41 Å². The number of benzene rings is 1. The molecule has 3 heterocycles. The number of nitrogen functional groups attached to an aromatic ring is 1. The van der Waals surface area contributed by atoms with Gasteiger partial charge in [0.15, 0.2) is 0 Å². The predicted molar refractivity (Wildman–Crippen MR) is 89.1 cm³/mol. The number of aromatic amines is 1. The van der Waals surface area contributed by atoms with Crippen LogP contribution in [-0.4, -0.2) is 20.2 Å². The molecule has 3 aromatic rings. The number of ether oxygens (including phenoxy) is 1. The lowest BCUT2D eigenvalue weighted by Crippen LogP contribution is -2.37. The summed E-state index contributed by atoms with van der Waals surface area (Å²) in [6, 6.07) is 8.55. The first-order valence-corrected chi connectivity index (χ1v) is 8.14. The lowest BCUT2D eigenvalue weighted by Gasteiger charge is -2.42. The first-order valence-electron chi connectivity index (χ1n) is 8.14. The lowest BCUT2D eigenvalue weighted by atomic mass is 9.61. The fourth-order valence-corrected chi connectivity index (χ4v) is 4.41. The second kappa shape index (κ2) is 4.56. The number of aryl methyl sites for hydroxylation is 2. The van der Waals surface area contributed by atoms with Crippen LogP contribution in [0.2, 0.25) is 0 Å². The minimum atomic E-state index is -0.403. The average molecular weight is 319 g/mol. The summed E-state index contributed by atoms with van der Waals surface area (Å²) in [7, 11) is 0. The molecule has 120 valence electrons. The zero-order valence-electron chi connectivity index (χ0n) is 13.3. The van der Waals surface area contributed by atoms with Crippen LogP contribution in [0.3, 0.4) is 0 Å². The van der Waals surface area contributed by atoms with E-state index in [0.717, 1.165) is 36.1 Å². The molecule has 0 fully saturated rings. The molecule has 1 aliphatic carbocycles. The first kappa shape index (κ1) is 13.5. The van der Waals surface area contributed by atoms with Gasteiger partial charge in [0.1, 0.15) is 12.1 Å². The minimum Gasteiger partial charge on any atom is -0.418 e. The summed E-state index contributed by atoms with van der Waals surface area (Å²) in [5.74, 6) is 1.58. The summed E-state index contributed by atoms with van der Waals surface area (Å²) in [4.78, 5) is 8.60. The number of anilines is 1. The molecule has 1 aliphatic heterocycles. The molecule has 0 saturated carbocycles. The van der Waals surface area contributed by atoms with Crippen LogP contribution in [-0.2, 0) is 11.8 Å². The van der Waals surface area contributed by atoms with Gasteiger partial charge in [-0.1, -0.05) is 24.3 Å². The third-order valence-electron chi connectivity index (χ3n) is 5.28. The molecule has 0 bridgehead atoms. The Morgan fingerprint density at radius 1 is 1.17 bits per heavy atom. The van der Waals surface area contributed by atoms with Gasteiger partial charge in [0.25, 0.3) is 0 Å². The molecular weight excluding hydrogens is 302 g/mol. The Morgan fingerprint density at radius 3 is 2.96 bits per heavy atom. The van der Waals surface area contributed by atoms with Gasteiger partial charge in [-0.25, -0.2) is 9.97 Å². The quantitative estimate of drug-likeness (QED) is 0.665. The van der Waals surface area contributed by atoms with Gasteiger partial charge in [-0.05, 0) is 37.3 Å². The van der Waals surface area contributed by atoms with Gasteiger partial charge in [0.2, 0.25) is 11.8 Å². The van der Waals surface area contributed by atoms with Gasteiger partial charge in [0.05, 0.1) is 16.5 Å². The van der Waals surface area contributed by atoms with Crippen LogP contribution in [0.4, 0.5) is 5.82 Å². The van der Waals surface area contributed by atoms with Crippen LogP contribution in [0.5, 0.6) is 11.8 Å². The van der Waals surface area contributed by atoms with Crippen molar-refractivity contribution in [1.29, 1.82) is 0 Å². The van der Waals surface area contributed by atoms with Crippen molar-refractivity contribution in [1.82, 2.24) is 20.2 Å². The molecule has 2 aliphatic rings. The van der Waals surface area contributed by atoms with Gasteiger partial charge < -0.3 is 10.5 Å². The predicted octanol–water partition coefficient (Wildman–Crippen LogP) is 2.87. The minimum absolute atomic E-state index is 0.403. The van der Waals surface area contributed by atoms with Gasteiger partial charge >= 0.3 is 0 Å². The number of nitrogens with one attached hydrogen (secondary N) is 1. The average Bonchev–Trinajstić information content (AvgIpc) is 2.97. The SMILES string of the molecule is Cc1[nH]nc2c1C1(CCCc3ccccc31)c1c(N)ncnc1O2. The van der Waals surface area contributed by atoms with Gasteiger partial charge in [-0.3, -0.25) is 5.10 Å². The summed E-state index contributed by atoms with van der Waals surface area (Å²) in [5, 5.41) is 7.43. The molecule has 0 amide bonds. The number of rotatable bonds is 0. The van der Waals surface area contributed by atoms with E-state index in [1.54, 1.807) is 0 Å². The second-order valence-corrected chi connectivity index (χ2v) is 6.49. The van der Waals surface area contributed by atoms with E-state index in [4.69, 9.17) is 10.5 Å². The summed E-state index contributed by atoms with van der Waals surface area (Å²) >= 11 is 0. The number of hydrogen-bond donors (Lipinski definition) is 2. The number of hydrogen-bond acceptors (Lipinski definition) is 5. The maximum Gasteiger partial charge on any atom is 0.244 e. The molecule has 0 radical (unpaired) electrons. The normalized spacial score (nSPS) is 20.9. The third-order valence-corrected chi connectivity index (χ3v) is 5.28. The zero-order chi connectivity index (χ0) is 16.3. The van der Waals surface area contributed by atoms with Gasteiger partial charge in [0, 0.05) is 5.69 Å². The van der Waals surface area contributed by atoms with E-state index in [-0.39, 0.29) is 0 Å². The molecule has 1 aromatic carbocycles. The highest BCUT2D eigenvalue weighted by Gasteiger charge is 2.50. The summed E-state index contributed by atoms with van der Waals surface area (Å²) in [6.07, 6.45) is 4.51. The molecule has 1 unspecified atom stereocenters. The van der Waals surface area contributed by atoms with E-state index in [2.05, 4.69) is 44.4 Å². The number of aromatic nitrogens is 4. The van der Waals surface area contributed by atoms with Crippen molar-refractivity contribution in [2.75, 3.05) is 5.73 Å². The number of fused-ring (bicyclic) bond motifs is 6. The van der Waals surface area contributed by atoms with Crippen molar-refractivity contribution in [3.63, 3.8) is 0 Å². The van der Waals surface area contributed by atoms with Crippen LogP contribution in [0, 0.1) is 6.92 Å². The summed E-state index contributed by atoms with van der Waals surface area (Å²) in [5.41, 5.74) is 11.4. The Hall–Kier alpha value is -2.89. The smallest absolute Gasteiger partial charge is 0.244 e. The lowest BCUT2D eigenvalue weighted by molar-refractivity contribution is 0.368. The van der Waals surface area contributed by atoms with E-state index in [9.17, 15) is 0 Å². The van der Waals surface area contributed by atoms with Crippen molar-refractivity contribution in [2.45, 2.75) is 31.6 Å². The number of H-pyrrole nitrogens is 1. The Kier molecular flexibility index (Phi) is 2.58. The molecule has 1 spiro atoms. The van der Waals surface area contributed by atoms with E-state index in [0.29, 0.717) is 17.6 Å². The van der Waals surface area contributed by atoms with Crippen LogP contribution in [0.25, 0.3) is 0 Å². The van der Waals surface area contributed by atoms with Crippen molar-refractivity contribution in [3.05, 3.63) is 58.5 Å². The zero-order valence-corrected chi connectivity index (χ0v) is 13.3. The Bertz CT molecular complexity index is 964. The topological polar surface area (TPSA) is 89.7 Å². The molecule has 6 nitrogen and oxygen atoms in total. The molecular formula is C18H17N5O. The standard InChI is InChI=1S/C18H17N5O/c1-10-13-17(23-22-10)24-16-14(15(19)20-9-21-16)18(13)8-4-6-11-5-2-3-7-12(11)18/h2-3,5,7,9H,4,6,8H2,1H3,(H,22,23)(H2,19,20,21). The fourth-order valence-electron chi connectivity index (χ4n) is 4.41. The Morgan fingerprint density at radius 2 is 2.04 bits per heavy atom. The highest BCUT2D eigenvalue weighted by atomic mass is 16.5. The van der Waals surface area contributed by atoms with Crippen LogP contribution in [0.15, 0.2) is 30.6 Å². The molecule has 6 heteroatoms.